The maximum Gasteiger partial charge on any atom is -1.00 e. The Morgan fingerprint density at radius 1 is 1.00 bits per heavy atom. The molecule has 0 saturated heterocycles. The fourth-order valence-electron chi connectivity index (χ4n) is 0.571. The van der Waals surface area contributed by atoms with Gasteiger partial charge in [0, 0.05) is 0 Å². The van der Waals surface area contributed by atoms with Crippen LogP contribution in [-0.4, -0.2) is 24.4 Å². The molecule has 0 heterocycles. The van der Waals surface area contributed by atoms with E-state index in [0.717, 1.165) is 0 Å². The van der Waals surface area contributed by atoms with Crippen molar-refractivity contribution in [2.75, 3.05) is 0 Å². The molecule has 0 spiro atoms. The number of hydrogen-bond acceptors (Lipinski definition) is 0. The molecular formula is C6H13Cl2In. The van der Waals surface area contributed by atoms with E-state index in [9.17, 15) is 0 Å². The van der Waals surface area contributed by atoms with Crippen molar-refractivity contribution >= 4 is 24.4 Å². The molecule has 0 aliphatic heterocycles. The van der Waals surface area contributed by atoms with Gasteiger partial charge in [-0.25, -0.2) is 0 Å². The molecule has 0 nitrogen and oxygen atoms in total. The van der Waals surface area contributed by atoms with Crippen LogP contribution in [0.1, 0.15) is 32.6 Å². The predicted molar refractivity (Wildman–Crippen MR) is 34.7 cm³/mol. The summed E-state index contributed by atoms with van der Waals surface area (Å²) >= 11 is 1.46. The van der Waals surface area contributed by atoms with Gasteiger partial charge < -0.3 is 24.8 Å². The summed E-state index contributed by atoms with van der Waals surface area (Å²) in [4.78, 5) is 0. The number of hydrogen-bond donors (Lipinski definition) is 0. The van der Waals surface area contributed by atoms with E-state index in [1.54, 1.807) is 0 Å². The van der Waals surface area contributed by atoms with Crippen LogP contribution in [0.2, 0.25) is 4.18 Å². The minimum Gasteiger partial charge on any atom is -1.00 e. The Labute approximate surface area is 85.6 Å². The van der Waals surface area contributed by atoms with E-state index in [2.05, 4.69) is 6.92 Å². The standard InChI is InChI=1S/C6H13.2ClH.In/c1-3-5-6-4-2;;;/h1,3-6H2,2H3;2*1H;/q;;;+2/p-2. The molecule has 0 amide bonds. The SMILES string of the molecule is CCCCC[CH2][In+2].[Cl-].[Cl-]. The van der Waals surface area contributed by atoms with Crippen LogP contribution >= 0.6 is 0 Å². The smallest absolute Gasteiger partial charge is 1.00 e. The van der Waals surface area contributed by atoms with Crippen LogP contribution in [0.3, 0.4) is 0 Å². The fraction of sp³-hybridized carbons (Fsp3) is 1.00. The molecule has 9 heavy (non-hydrogen) atoms. The molecule has 0 aliphatic rings. The summed E-state index contributed by atoms with van der Waals surface area (Å²) in [6.45, 7) is 2.26. The Kier molecular flexibility index (Phi) is 30.3. The third-order valence-corrected chi connectivity index (χ3v) is 2.22. The summed E-state index contributed by atoms with van der Waals surface area (Å²) in [7, 11) is 0. The first-order valence-corrected chi connectivity index (χ1v) is 5.45. The zero-order valence-corrected chi connectivity index (χ0v) is 10.7. The predicted octanol–water partition coefficient (Wildman–Crippen LogP) is -3.84. The molecule has 0 atom stereocenters. The van der Waals surface area contributed by atoms with Crippen LogP contribution in [0.25, 0.3) is 0 Å². The number of halogens is 2. The molecule has 0 saturated carbocycles. The second-order valence-electron chi connectivity index (χ2n) is 1.85. The van der Waals surface area contributed by atoms with Gasteiger partial charge in [0.05, 0.1) is 0 Å². The van der Waals surface area contributed by atoms with Crippen LogP contribution in [0.5, 0.6) is 0 Å². The van der Waals surface area contributed by atoms with E-state index in [4.69, 9.17) is 0 Å². The Hall–Kier alpha value is 1.45. The van der Waals surface area contributed by atoms with E-state index in [-0.39, 0.29) is 24.8 Å². The van der Waals surface area contributed by atoms with Crippen molar-refractivity contribution in [2.24, 2.45) is 0 Å². The summed E-state index contributed by atoms with van der Waals surface area (Å²) in [5.41, 5.74) is 0. The van der Waals surface area contributed by atoms with Crippen LogP contribution in [-0.2, 0) is 0 Å². The Morgan fingerprint density at radius 3 is 1.89 bits per heavy atom. The van der Waals surface area contributed by atoms with Crippen LogP contribution < -0.4 is 24.8 Å². The van der Waals surface area contributed by atoms with Gasteiger partial charge in [0.2, 0.25) is 0 Å². The van der Waals surface area contributed by atoms with E-state index in [0.29, 0.717) is 0 Å². The summed E-state index contributed by atoms with van der Waals surface area (Å²) in [5, 5.41) is 0. The summed E-state index contributed by atoms with van der Waals surface area (Å²) in [6.07, 6.45) is 5.77. The quantitative estimate of drug-likeness (QED) is 0.459. The normalized spacial score (nSPS) is 7.44. The van der Waals surface area contributed by atoms with Crippen molar-refractivity contribution < 1.29 is 24.8 Å². The molecule has 0 fully saturated rings. The molecule has 0 N–H and O–H groups in total. The second-order valence-corrected chi connectivity index (χ2v) is 3.50. The molecule has 0 aliphatic carbocycles. The third kappa shape index (κ3) is 17.7. The summed E-state index contributed by atoms with van der Waals surface area (Å²) in [6, 6.07) is 0. The van der Waals surface area contributed by atoms with Crippen molar-refractivity contribution in [1.29, 1.82) is 0 Å². The molecular weight excluding hydrogens is 258 g/mol. The first-order valence-electron chi connectivity index (χ1n) is 3.12. The van der Waals surface area contributed by atoms with Crippen molar-refractivity contribution in [3.05, 3.63) is 0 Å². The molecule has 0 aromatic rings. The Balaban J connectivity index is -0.000000180. The zero-order chi connectivity index (χ0) is 5.54. The van der Waals surface area contributed by atoms with E-state index < -0.39 is 0 Å². The first-order chi connectivity index (χ1) is 3.41. The van der Waals surface area contributed by atoms with Crippen LogP contribution in [0.4, 0.5) is 0 Å². The van der Waals surface area contributed by atoms with Crippen molar-refractivity contribution in [2.45, 2.75) is 36.8 Å². The van der Waals surface area contributed by atoms with Gasteiger partial charge in [-0.15, -0.1) is 0 Å². The second kappa shape index (κ2) is 16.2. The van der Waals surface area contributed by atoms with E-state index in [1.807, 2.05) is 0 Å². The molecule has 0 radical (unpaired) electrons. The average molecular weight is 271 g/mol. The van der Waals surface area contributed by atoms with E-state index in [1.165, 1.54) is 54.2 Å². The Bertz CT molecular complexity index is 30.2. The van der Waals surface area contributed by atoms with Gasteiger partial charge in [-0.3, -0.25) is 0 Å². The Morgan fingerprint density at radius 2 is 1.56 bits per heavy atom. The molecule has 3 heteroatoms. The minimum absolute atomic E-state index is 0. The molecule has 0 rings (SSSR count). The summed E-state index contributed by atoms with van der Waals surface area (Å²) < 4.78 is 1.49. The van der Waals surface area contributed by atoms with Gasteiger partial charge in [0.15, 0.2) is 0 Å². The average Bonchev–Trinajstić information content (AvgIpc) is 1.69. The van der Waals surface area contributed by atoms with Gasteiger partial charge >= 0.3 is 61.2 Å². The summed E-state index contributed by atoms with van der Waals surface area (Å²) in [5.74, 6) is 0. The number of rotatable bonds is 4. The zero-order valence-electron chi connectivity index (χ0n) is 5.87. The fourth-order valence-corrected chi connectivity index (χ4v) is 1.40. The number of unbranched alkanes of at least 4 members (excludes halogenated alkanes) is 3. The molecule has 0 unspecified atom stereocenters. The molecule has 0 bridgehead atoms. The van der Waals surface area contributed by atoms with Crippen LogP contribution in [0.15, 0.2) is 0 Å². The van der Waals surface area contributed by atoms with Gasteiger partial charge in [0.25, 0.3) is 0 Å². The van der Waals surface area contributed by atoms with E-state index >= 15 is 0 Å². The van der Waals surface area contributed by atoms with Crippen LogP contribution in [0, 0.1) is 0 Å². The molecule has 54 valence electrons. The maximum atomic E-state index is 2.26. The maximum absolute atomic E-state index is 2.26. The van der Waals surface area contributed by atoms with Crippen molar-refractivity contribution in [3.63, 3.8) is 0 Å². The van der Waals surface area contributed by atoms with Gasteiger partial charge in [-0.2, -0.15) is 0 Å². The minimum atomic E-state index is 0. The van der Waals surface area contributed by atoms with Crippen molar-refractivity contribution in [1.82, 2.24) is 0 Å². The van der Waals surface area contributed by atoms with Gasteiger partial charge in [0.1, 0.15) is 0 Å². The van der Waals surface area contributed by atoms with Gasteiger partial charge in [-0.1, -0.05) is 0 Å². The topological polar surface area (TPSA) is 0 Å². The molecule has 0 aromatic heterocycles. The van der Waals surface area contributed by atoms with Gasteiger partial charge in [-0.05, 0) is 0 Å². The first kappa shape index (κ1) is 16.8. The monoisotopic (exact) mass is 270 g/mol. The van der Waals surface area contributed by atoms with Crippen molar-refractivity contribution in [3.8, 4) is 0 Å². The molecule has 0 aromatic carbocycles. The largest absolute Gasteiger partial charge is 1.00 e. The third-order valence-electron chi connectivity index (χ3n) is 1.06.